The van der Waals surface area contributed by atoms with Crippen molar-refractivity contribution in [1.82, 2.24) is 19.3 Å². The van der Waals surface area contributed by atoms with Crippen LogP contribution in [0.3, 0.4) is 0 Å². The van der Waals surface area contributed by atoms with Gasteiger partial charge >= 0.3 is 0 Å². The summed E-state index contributed by atoms with van der Waals surface area (Å²) in [4.78, 5) is 13.9. The SMILES string of the molecule is Clc1cc(Nc2ccc(N3CCN(C4COC4)CC3)cn2)c2nccn2c1. The summed E-state index contributed by atoms with van der Waals surface area (Å²) >= 11 is 6.19. The fraction of sp³-hybridized carbons (Fsp3) is 0.368. The van der Waals surface area contributed by atoms with Crippen molar-refractivity contribution in [3.05, 3.63) is 48.0 Å². The summed E-state index contributed by atoms with van der Waals surface area (Å²) in [5, 5.41) is 3.97. The molecule has 2 fully saturated rings. The molecule has 0 aliphatic carbocycles. The number of pyridine rings is 2. The molecule has 0 radical (unpaired) electrons. The highest BCUT2D eigenvalue weighted by Gasteiger charge is 2.28. The van der Waals surface area contributed by atoms with Crippen molar-refractivity contribution in [3.63, 3.8) is 0 Å². The maximum atomic E-state index is 6.19. The third-order valence-corrected chi connectivity index (χ3v) is 5.49. The lowest BCUT2D eigenvalue weighted by Crippen LogP contribution is -2.56. The number of nitrogens with one attached hydrogen (secondary N) is 1. The Kier molecular flexibility index (Phi) is 4.35. The van der Waals surface area contributed by atoms with Gasteiger partial charge in [-0.1, -0.05) is 11.6 Å². The molecule has 0 atom stereocenters. The third-order valence-electron chi connectivity index (χ3n) is 5.28. The molecule has 2 saturated heterocycles. The minimum Gasteiger partial charge on any atom is -0.378 e. The second-order valence-electron chi connectivity index (χ2n) is 6.97. The average molecular weight is 385 g/mol. The first kappa shape index (κ1) is 16.8. The van der Waals surface area contributed by atoms with E-state index in [1.807, 2.05) is 35.1 Å². The van der Waals surface area contributed by atoms with E-state index in [0.717, 1.165) is 62.2 Å². The summed E-state index contributed by atoms with van der Waals surface area (Å²) < 4.78 is 7.20. The maximum absolute atomic E-state index is 6.19. The Morgan fingerprint density at radius 2 is 1.96 bits per heavy atom. The van der Waals surface area contributed by atoms with Crippen LogP contribution in [-0.4, -0.2) is 64.7 Å². The number of aromatic nitrogens is 3. The number of rotatable bonds is 4. The second kappa shape index (κ2) is 6.99. The molecule has 5 rings (SSSR count). The zero-order valence-electron chi connectivity index (χ0n) is 14.9. The number of hydrogen-bond acceptors (Lipinski definition) is 6. The minimum atomic E-state index is 0.619. The molecule has 5 heterocycles. The van der Waals surface area contributed by atoms with Gasteiger partial charge in [0.2, 0.25) is 0 Å². The largest absolute Gasteiger partial charge is 0.378 e. The zero-order chi connectivity index (χ0) is 18.2. The van der Waals surface area contributed by atoms with Gasteiger partial charge in [0.25, 0.3) is 0 Å². The second-order valence-corrected chi connectivity index (χ2v) is 7.41. The molecule has 1 N–H and O–H groups in total. The highest BCUT2D eigenvalue weighted by molar-refractivity contribution is 6.30. The monoisotopic (exact) mass is 384 g/mol. The van der Waals surface area contributed by atoms with E-state index in [4.69, 9.17) is 16.3 Å². The van der Waals surface area contributed by atoms with E-state index in [-0.39, 0.29) is 0 Å². The first-order valence-electron chi connectivity index (χ1n) is 9.18. The van der Waals surface area contributed by atoms with E-state index in [2.05, 4.69) is 31.2 Å². The van der Waals surface area contributed by atoms with Crippen LogP contribution >= 0.6 is 11.6 Å². The van der Waals surface area contributed by atoms with E-state index < -0.39 is 0 Å². The summed E-state index contributed by atoms with van der Waals surface area (Å²) in [5.74, 6) is 0.774. The number of nitrogens with zero attached hydrogens (tertiary/aromatic N) is 5. The van der Waals surface area contributed by atoms with E-state index in [1.165, 1.54) is 0 Å². The fourth-order valence-electron chi connectivity index (χ4n) is 3.65. The molecule has 7 nitrogen and oxygen atoms in total. The smallest absolute Gasteiger partial charge is 0.160 e. The fourth-order valence-corrected chi connectivity index (χ4v) is 3.87. The maximum Gasteiger partial charge on any atom is 0.160 e. The summed E-state index contributed by atoms with van der Waals surface area (Å²) in [6.07, 6.45) is 7.39. The van der Waals surface area contributed by atoms with Gasteiger partial charge in [-0.05, 0) is 18.2 Å². The molecule has 0 saturated carbocycles. The normalized spacial score (nSPS) is 18.6. The Hall–Kier alpha value is -2.35. The van der Waals surface area contributed by atoms with Crippen molar-refractivity contribution in [2.45, 2.75) is 6.04 Å². The third kappa shape index (κ3) is 3.34. The highest BCUT2D eigenvalue weighted by Crippen LogP contribution is 2.25. The molecule has 2 aliphatic rings. The minimum absolute atomic E-state index is 0.619. The molecule has 8 heteroatoms. The van der Waals surface area contributed by atoms with Crippen LogP contribution < -0.4 is 10.2 Å². The number of ether oxygens (including phenoxy) is 1. The molecule has 0 aromatic carbocycles. The lowest BCUT2D eigenvalue weighted by molar-refractivity contribution is -0.0660. The Balaban J connectivity index is 1.27. The Morgan fingerprint density at radius 3 is 2.67 bits per heavy atom. The van der Waals surface area contributed by atoms with Gasteiger partial charge in [-0.25, -0.2) is 9.97 Å². The van der Waals surface area contributed by atoms with Crippen LogP contribution in [-0.2, 0) is 4.74 Å². The lowest BCUT2D eigenvalue weighted by Gasteiger charge is -2.43. The van der Waals surface area contributed by atoms with Crippen molar-refractivity contribution in [2.24, 2.45) is 0 Å². The molecule has 0 unspecified atom stereocenters. The summed E-state index contributed by atoms with van der Waals surface area (Å²) in [6, 6.07) is 6.60. The number of piperazine rings is 1. The average Bonchev–Trinajstić information content (AvgIpc) is 3.10. The van der Waals surface area contributed by atoms with Gasteiger partial charge in [-0.2, -0.15) is 0 Å². The van der Waals surface area contributed by atoms with Crippen LogP contribution in [0.4, 0.5) is 17.2 Å². The van der Waals surface area contributed by atoms with Gasteiger partial charge in [0.05, 0.1) is 41.8 Å². The number of imidazole rings is 1. The molecule has 140 valence electrons. The molecule has 3 aromatic rings. The predicted octanol–water partition coefficient (Wildman–Crippen LogP) is 2.65. The molecule has 2 aliphatic heterocycles. The van der Waals surface area contributed by atoms with E-state index in [1.54, 1.807) is 6.20 Å². The lowest BCUT2D eigenvalue weighted by atomic mass is 10.2. The molecule has 0 amide bonds. The van der Waals surface area contributed by atoms with Gasteiger partial charge in [-0.3, -0.25) is 4.90 Å². The van der Waals surface area contributed by atoms with Crippen LogP contribution in [0.25, 0.3) is 5.65 Å². The van der Waals surface area contributed by atoms with Gasteiger partial charge in [0, 0.05) is 44.8 Å². The van der Waals surface area contributed by atoms with Crippen LogP contribution in [0.5, 0.6) is 0 Å². The number of halogens is 1. The molecule has 0 spiro atoms. The Bertz CT molecular complexity index is 931. The zero-order valence-corrected chi connectivity index (χ0v) is 15.6. The van der Waals surface area contributed by atoms with E-state index in [0.29, 0.717) is 11.1 Å². The van der Waals surface area contributed by atoms with E-state index >= 15 is 0 Å². The molecule has 0 bridgehead atoms. The van der Waals surface area contributed by atoms with Crippen molar-refractivity contribution in [2.75, 3.05) is 49.6 Å². The van der Waals surface area contributed by atoms with Crippen LogP contribution in [0.1, 0.15) is 0 Å². The first-order valence-corrected chi connectivity index (χ1v) is 9.56. The van der Waals surface area contributed by atoms with Gasteiger partial charge in [-0.15, -0.1) is 0 Å². The van der Waals surface area contributed by atoms with Gasteiger partial charge in [0.15, 0.2) is 5.65 Å². The van der Waals surface area contributed by atoms with Gasteiger partial charge < -0.3 is 19.4 Å². The molecular formula is C19H21ClN6O. The van der Waals surface area contributed by atoms with Crippen molar-refractivity contribution in [3.8, 4) is 0 Å². The van der Waals surface area contributed by atoms with Crippen molar-refractivity contribution >= 4 is 34.4 Å². The Morgan fingerprint density at radius 1 is 1.11 bits per heavy atom. The van der Waals surface area contributed by atoms with E-state index in [9.17, 15) is 0 Å². The molecule has 3 aromatic heterocycles. The number of hydrogen-bond donors (Lipinski definition) is 1. The topological polar surface area (TPSA) is 57.9 Å². The number of fused-ring (bicyclic) bond motifs is 1. The van der Waals surface area contributed by atoms with Crippen LogP contribution in [0.15, 0.2) is 43.0 Å². The molecule has 27 heavy (non-hydrogen) atoms. The van der Waals surface area contributed by atoms with Crippen LogP contribution in [0, 0.1) is 0 Å². The molecular weight excluding hydrogens is 364 g/mol. The standard InChI is InChI=1S/C19H21ClN6O/c20-14-9-17(19-21-3-4-26(19)11-14)23-18-2-1-15(10-22-18)24-5-7-25(8-6-24)16-12-27-13-16/h1-4,9-11,16H,5-8,12-13H2,(H,22,23). The summed E-state index contributed by atoms with van der Waals surface area (Å²) in [6.45, 7) is 5.97. The highest BCUT2D eigenvalue weighted by atomic mass is 35.5. The Labute approximate surface area is 162 Å². The first-order chi connectivity index (χ1) is 13.3. The van der Waals surface area contributed by atoms with Crippen molar-refractivity contribution < 1.29 is 4.74 Å². The van der Waals surface area contributed by atoms with Crippen LogP contribution in [0.2, 0.25) is 5.02 Å². The summed E-state index contributed by atoms with van der Waals surface area (Å²) in [5.41, 5.74) is 2.81. The van der Waals surface area contributed by atoms with Crippen molar-refractivity contribution in [1.29, 1.82) is 0 Å². The quantitative estimate of drug-likeness (QED) is 0.746. The predicted molar refractivity (Wildman–Crippen MR) is 106 cm³/mol. The van der Waals surface area contributed by atoms with Gasteiger partial charge in [0.1, 0.15) is 5.82 Å². The number of anilines is 3. The summed E-state index contributed by atoms with van der Waals surface area (Å²) in [7, 11) is 0.